The van der Waals surface area contributed by atoms with Gasteiger partial charge in [-0.1, -0.05) is 54.6 Å². The number of carbonyl (C=O) groups is 2. The summed E-state index contributed by atoms with van der Waals surface area (Å²) in [5.41, 5.74) is 5.26. The minimum absolute atomic E-state index is 0.225. The van der Waals surface area contributed by atoms with Gasteiger partial charge < -0.3 is 9.47 Å². The van der Waals surface area contributed by atoms with Gasteiger partial charge in [0, 0.05) is 22.9 Å². The van der Waals surface area contributed by atoms with Crippen molar-refractivity contribution in [1.82, 2.24) is 4.98 Å². The Morgan fingerprint density at radius 3 is 2.28 bits per heavy atom. The molecular weight excluding hydrogens is 472 g/mol. The predicted molar refractivity (Wildman–Crippen MR) is 143 cm³/mol. The van der Waals surface area contributed by atoms with Crippen molar-refractivity contribution >= 4 is 29.0 Å². The van der Waals surface area contributed by atoms with Crippen LogP contribution in [0.4, 0.5) is 0 Å². The number of hydrogen-bond donors (Lipinski definition) is 0. The average molecular weight is 503 g/mol. The summed E-state index contributed by atoms with van der Waals surface area (Å²) in [6, 6.07) is 18.0. The number of aryl methyl sites for hydroxylation is 1. The van der Waals surface area contributed by atoms with E-state index in [0.717, 1.165) is 32.3 Å². The minimum Gasteiger partial charge on any atom is -0.465 e. The number of rotatable bonds is 7. The third-order valence-corrected chi connectivity index (χ3v) is 7.46. The van der Waals surface area contributed by atoms with Crippen molar-refractivity contribution in [3.05, 3.63) is 77.1 Å². The number of aromatic nitrogens is 1. The summed E-state index contributed by atoms with van der Waals surface area (Å²) >= 11 is 1.60. The van der Waals surface area contributed by atoms with Crippen molar-refractivity contribution in [1.29, 1.82) is 0 Å². The fraction of sp³-hybridized carbons (Fsp3) is 0.310. The summed E-state index contributed by atoms with van der Waals surface area (Å²) in [4.78, 5) is 37.0. The molecule has 0 saturated heterocycles. The lowest BCUT2D eigenvalue weighted by Gasteiger charge is -2.32. The van der Waals surface area contributed by atoms with Crippen molar-refractivity contribution in [3.8, 4) is 21.0 Å². The maximum Gasteiger partial charge on any atom is 0.336 e. The summed E-state index contributed by atoms with van der Waals surface area (Å²) in [6.45, 7) is 9.59. The highest BCUT2D eigenvalue weighted by atomic mass is 32.1. The third-order valence-electron chi connectivity index (χ3n) is 6.22. The highest BCUT2D eigenvalue weighted by molar-refractivity contribution is 7.18. The first-order chi connectivity index (χ1) is 17.4. The highest BCUT2D eigenvalue weighted by Gasteiger charge is 2.43. The van der Waals surface area contributed by atoms with E-state index < -0.39 is 23.8 Å². The number of thiazole rings is 1. The Hall–Kier alpha value is -3.58. The maximum atomic E-state index is 13.2. The molecule has 36 heavy (non-hydrogen) atoms. The van der Waals surface area contributed by atoms with E-state index in [-0.39, 0.29) is 13.2 Å². The van der Waals surface area contributed by atoms with E-state index in [1.807, 2.05) is 56.3 Å². The molecule has 6 nitrogen and oxygen atoms in total. The number of hydrogen-bond acceptors (Lipinski definition) is 7. The molecule has 1 aliphatic rings. The van der Waals surface area contributed by atoms with Crippen LogP contribution in [0.3, 0.4) is 0 Å². The van der Waals surface area contributed by atoms with E-state index in [0.29, 0.717) is 17.0 Å². The molecule has 0 bridgehead atoms. The molecule has 2 aromatic carbocycles. The van der Waals surface area contributed by atoms with Crippen molar-refractivity contribution in [3.63, 3.8) is 0 Å². The Morgan fingerprint density at radius 2 is 1.58 bits per heavy atom. The van der Waals surface area contributed by atoms with Crippen LogP contribution >= 0.6 is 11.3 Å². The summed E-state index contributed by atoms with van der Waals surface area (Å²) in [5, 5.41) is 0.825. The molecule has 0 saturated carbocycles. The number of nitrogens with zero attached hydrogens (tertiary/aromatic N) is 2. The van der Waals surface area contributed by atoms with E-state index in [2.05, 4.69) is 17.1 Å². The lowest BCUT2D eigenvalue weighted by molar-refractivity contribution is -0.146. The third kappa shape index (κ3) is 4.88. The molecule has 0 radical (unpaired) electrons. The fourth-order valence-electron chi connectivity index (χ4n) is 4.72. The van der Waals surface area contributed by atoms with Crippen LogP contribution in [0.15, 0.2) is 70.9 Å². The van der Waals surface area contributed by atoms with Crippen LogP contribution in [0.5, 0.6) is 0 Å². The Kier molecular flexibility index (Phi) is 7.79. The van der Waals surface area contributed by atoms with E-state index in [1.54, 1.807) is 32.1 Å². The Morgan fingerprint density at radius 1 is 0.917 bits per heavy atom. The number of allylic oxidation sites excluding steroid dienone is 1. The second-order valence-corrected chi connectivity index (χ2v) is 9.57. The standard InChI is InChI=1S/C29H30N2O4S/c1-6-34-28(32)23-17(3)30-18(4)24(29(33)35-7-2)25(23)21-15-11-12-16-22(21)27-31-19(5)26(36-27)20-13-9-8-10-14-20/h8-16,23,25H,6-7H2,1-5H3. The number of aliphatic imine (C=N–C) groups is 1. The number of carbonyl (C=O) groups excluding carboxylic acids is 2. The van der Waals surface area contributed by atoms with Gasteiger partial charge in [0.2, 0.25) is 0 Å². The van der Waals surface area contributed by atoms with Gasteiger partial charge >= 0.3 is 11.9 Å². The van der Waals surface area contributed by atoms with Gasteiger partial charge in [-0.2, -0.15) is 0 Å². The van der Waals surface area contributed by atoms with E-state index in [1.165, 1.54) is 0 Å². The number of ether oxygens (including phenoxy) is 2. The minimum atomic E-state index is -0.746. The molecular formula is C29H30N2O4S. The molecule has 186 valence electrons. The quantitative estimate of drug-likeness (QED) is 0.351. The predicted octanol–water partition coefficient (Wildman–Crippen LogP) is 6.36. The van der Waals surface area contributed by atoms with Gasteiger partial charge in [-0.15, -0.1) is 11.3 Å². The van der Waals surface area contributed by atoms with Gasteiger partial charge in [0.05, 0.1) is 29.4 Å². The molecule has 0 fully saturated rings. The second-order valence-electron chi connectivity index (χ2n) is 8.57. The van der Waals surface area contributed by atoms with Gasteiger partial charge in [0.25, 0.3) is 0 Å². The molecule has 2 unspecified atom stereocenters. The van der Waals surface area contributed by atoms with Gasteiger partial charge in [0.1, 0.15) is 10.9 Å². The van der Waals surface area contributed by atoms with Crippen molar-refractivity contribution in [2.75, 3.05) is 13.2 Å². The molecule has 1 aromatic heterocycles. The zero-order chi connectivity index (χ0) is 25.8. The molecule has 1 aliphatic heterocycles. The molecule has 7 heteroatoms. The SMILES string of the molecule is CCOC(=O)C1=C(C)N=C(C)C(C(=O)OCC)C1c1ccccc1-c1nc(C)c(-c2ccccc2)s1. The maximum absolute atomic E-state index is 13.2. The monoisotopic (exact) mass is 502 g/mol. The van der Waals surface area contributed by atoms with Gasteiger partial charge in [-0.25, -0.2) is 9.78 Å². The average Bonchev–Trinajstić information content (AvgIpc) is 3.25. The summed E-state index contributed by atoms with van der Waals surface area (Å²) < 4.78 is 10.9. The second kappa shape index (κ2) is 11.0. The first-order valence-corrected chi connectivity index (χ1v) is 12.9. The van der Waals surface area contributed by atoms with Crippen LogP contribution in [-0.2, 0) is 19.1 Å². The van der Waals surface area contributed by atoms with Crippen molar-refractivity contribution < 1.29 is 19.1 Å². The van der Waals surface area contributed by atoms with Crippen molar-refractivity contribution in [2.45, 2.75) is 40.5 Å². The van der Waals surface area contributed by atoms with Crippen molar-refractivity contribution in [2.24, 2.45) is 10.9 Å². The summed E-state index contributed by atoms with van der Waals surface area (Å²) in [6.07, 6.45) is 0. The highest BCUT2D eigenvalue weighted by Crippen LogP contribution is 2.45. The first-order valence-electron chi connectivity index (χ1n) is 12.1. The normalized spacial score (nSPS) is 17.5. The van der Waals surface area contributed by atoms with Gasteiger partial charge in [-0.3, -0.25) is 9.79 Å². The smallest absolute Gasteiger partial charge is 0.336 e. The molecule has 0 aliphatic carbocycles. The zero-order valence-electron chi connectivity index (χ0n) is 21.2. The van der Waals surface area contributed by atoms with E-state index >= 15 is 0 Å². The molecule has 0 N–H and O–H groups in total. The molecule has 2 heterocycles. The van der Waals surface area contributed by atoms with Crippen LogP contribution in [0.25, 0.3) is 21.0 Å². The lowest BCUT2D eigenvalue weighted by Crippen LogP contribution is -2.36. The Bertz CT molecular complexity index is 1340. The molecule has 0 spiro atoms. The van der Waals surface area contributed by atoms with Crippen LogP contribution in [0.1, 0.15) is 44.9 Å². The fourth-order valence-corrected chi connectivity index (χ4v) is 5.84. The van der Waals surface area contributed by atoms with Crippen LogP contribution in [0, 0.1) is 12.8 Å². The number of esters is 2. The van der Waals surface area contributed by atoms with Crippen LogP contribution < -0.4 is 0 Å². The lowest BCUT2D eigenvalue weighted by atomic mass is 9.74. The topological polar surface area (TPSA) is 77.8 Å². The van der Waals surface area contributed by atoms with Crippen LogP contribution in [0.2, 0.25) is 0 Å². The zero-order valence-corrected chi connectivity index (χ0v) is 22.0. The van der Waals surface area contributed by atoms with Gasteiger partial charge in [-0.05, 0) is 45.7 Å². The summed E-state index contributed by atoms with van der Waals surface area (Å²) in [7, 11) is 0. The number of benzene rings is 2. The molecule has 3 aromatic rings. The largest absolute Gasteiger partial charge is 0.465 e. The van der Waals surface area contributed by atoms with E-state index in [4.69, 9.17) is 14.5 Å². The first kappa shape index (κ1) is 25.5. The summed E-state index contributed by atoms with van der Waals surface area (Å²) in [5.74, 6) is -2.24. The molecule has 0 amide bonds. The molecule has 4 rings (SSSR count). The Labute approximate surface area is 215 Å². The Balaban J connectivity index is 1.91. The van der Waals surface area contributed by atoms with Crippen LogP contribution in [-0.4, -0.2) is 35.8 Å². The van der Waals surface area contributed by atoms with E-state index in [9.17, 15) is 9.59 Å². The van der Waals surface area contributed by atoms with Gasteiger partial charge in [0.15, 0.2) is 0 Å². The molecule has 2 atom stereocenters.